The van der Waals surface area contributed by atoms with E-state index in [0.717, 1.165) is 18.4 Å². The van der Waals surface area contributed by atoms with E-state index in [-0.39, 0.29) is 23.8 Å². The lowest BCUT2D eigenvalue weighted by Gasteiger charge is -2.22. The minimum Gasteiger partial charge on any atom is -0.358 e. The van der Waals surface area contributed by atoms with Gasteiger partial charge in [0.2, 0.25) is 5.91 Å². The van der Waals surface area contributed by atoms with Crippen molar-refractivity contribution in [1.82, 2.24) is 10.6 Å². The van der Waals surface area contributed by atoms with Crippen LogP contribution in [0.1, 0.15) is 31.4 Å². The SMILES string of the molecule is CNC(=O)C(C)NC(c1ccc(F)cc1)C1CC1. The van der Waals surface area contributed by atoms with Crippen LogP contribution in [0.2, 0.25) is 0 Å². The Morgan fingerprint density at radius 1 is 1.33 bits per heavy atom. The molecule has 1 aromatic carbocycles. The molecule has 2 rings (SSSR count). The monoisotopic (exact) mass is 250 g/mol. The summed E-state index contributed by atoms with van der Waals surface area (Å²) in [7, 11) is 1.63. The summed E-state index contributed by atoms with van der Waals surface area (Å²) in [6, 6.07) is 6.42. The van der Waals surface area contributed by atoms with Gasteiger partial charge in [0.05, 0.1) is 6.04 Å². The number of likely N-dealkylation sites (N-methyl/N-ethyl adjacent to an activating group) is 1. The van der Waals surface area contributed by atoms with Gasteiger partial charge in [-0.25, -0.2) is 4.39 Å². The zero-order valence-electron chi connectivity index (χ0n) is 10.7. The van der Waals surface area contributed by atoms with E-state index in [4.69, 9.17) is 0 Å². The highest BCUT2D eigenvalue weighted by atomic mass is 19.1. The van der Waals surface area contributed by atoms with Crippen LogP contribution in [-0.2, 0) is 4.79 Å². The van der Waals surface area contributed by atoms with Gasteiger partial charge in [0.1, 0.15) is 5.82 Å². The molecule has 3 nitrogen and oxygen atoms in total. The van der Waals surface area contributed by atoms with E-state index in [2.05, 4.69) is 10.6 Å². The van der Waals surface area contributed by atoms with Gasteiger partial charge in [0, 0.05) is 13.1 Å². The summed E-state index contributed by atoms with van der Waals surface area (Å²) in [5, 5.41) is 5.96. The third kappa shape index (κ3) is 3.07. The van der Waals surface area contributed by atoms with Gasteiger partial charge in [0.25, 0.3) is 0 Å². The van der Waals surface area contributed by atoms with E-state index in [1.54, 1.807) is 19.2 Å². The standard InChI is InChI=1S/C14H19FN2O/c1-9(14(18)16-2)17-13(10-3-4-10)11-5-7-12(15)8-6-11/h5-10,13,17H,3-4H2,1-2H3,(H,16,18). The van der Waals surface area contributed by atoms with Gasteiger partial charge in [-0.3, -0.25) is 10.1 Å². The van der Waals surface area contributed by atoms with Gasteiger partial charge in [0.15, 0.2) is 0 Å². The summed E-state index contributed by atoms with van der Waals surface area (Å²) in [5.74, 6) is 0.304. The number of rotatable bonds is 5. The molecular formula is C14H19FN2O. The molecular weight excluding hydrogens is 231 g/mol. The Morgan fingerprint density at radius 3 is 2.44 bits per heavy atom. The smallest absolute Gasteiger partial charge is 0.236 e. The Kier molecular flexibility index (Phi) is 3.97. The molecule has 4 heteroatoms. The lowest BCUT2D eigenvalue weighted by Crippen LogP contribution is -2.42. The largest absolute Gasteiger partial charge is 0.358 e. The number of nitrogens with one attached hydrogen (secondary N) is 2. The third-order valence-corrected chi connectivity index (χ3v) is 3.39. The van der Waals surface area contributed by atoms with Crippen LogP contribution in [0.25, 0.3) is 0 Å². The first-order valence-corrected chi connectivity index (χ1v) is 6.35. The molecule has 18 heavy (non-hydrogen) atoms. The van der Waals surface area contributed by atoms with Crippen molar-refractivity contribution in [2.75, 3.05) is 7.05 Å². The Labute approximate surface area is 107 Å². The summed E-state index contributed by atoms with van der Waals surface area (Å²) in [4.78, 5) is 11.5. The van der Waals surface area contributed by atoms with Crippen molar-refractivity contribution in [2.24, 2.45) is 5.92 Å². The van der Waals surface area contributed by atoms with Crippen molar-refractivity contribution in [2.45, 2.75) is 31.8 Å². The third-order valence-electron chi connectivity index (χ3n) is 3.39. The van der Waals surface area contributed by atoms with Crippen LogP contribution in [-0.4, -0.2) is 19.0 Å². The van der Waals surface area contributed by atoms with E-state index in [0.29, 0.717) is 5.92 Å². The van der Waals surface area contributed by atoms with Gasteiger partial charge >= 0.3 is 0 Å². The fourth-order valence-corrected chi connectivity index (χ4v) is 2.17. The number of halogens is 1. The minimum atomic E-state index is -0.245. The van der Waals surface area contributed by atoms with Crippen molar-refractivity contribution < 1.29 is 9.18 Å². The molecule has 1 saturated carbocycles. The second-order valence-electron chi connectivity index (χ2n) is 4.87. The molecule has 0 radical (unpaired) electrons. The Bertz CT molecular complexity index is 414. The molecule has 0 heterocycles. The van der Waals surface area contributed by atoms with Crippen LogP contribution in [0, 0.1) is 11.7 Å². The first-order chi connectivity index (χ1) is 8.61. The van der Waals surface area contributed by atoms with Crippen LogP contribution in [0.3, 0.4) is 0 Å². The molecule has 1 aliphatic rings. The van der Waals surface area contributed by atoms with E-state index in [1.165, 1.54) is 12.1 Å². The molecule has 0 aliphatic heterocycles. The van der Waals surface area contributed by atoms with E-state index in [1.807, 2.05) is 6.92 Å². The molecule has 1 amide bonds. The summed E-state index contributed by atoms with van der Waals surface area (Å²) in [6.07, 6.45) is 2.32. The van der Waals surface area contributed by atoms with E-state index >= 15 is 0 Å². The van der Waals surface area contributed by atoms with Crippen LogP contribution in [0.4, 0.5) is 4.39 Å². The molecule has 1 aliphatic carbocycles. The first-order valence-electron chi connectivity index (χ1n) is 6.35. The highest BCUT2D eigenvalue weighted by molar-refractivity contribution is 5.81. The van der Waals surface area contributed by atoms with Crippen LogP contribution < -0.4 is 10.6 Å². The number of hydrogen-bond acceptors (Lipinski definition) is 2. The lowest BCUT2D eigenvalue weighted by molar-refractivity contribution is -0.122. The molecule has 0 spiro atoms. The molecule has 98 valence electrons. The zero-order valence-corrected chi connectivity index (χ0v) is 10.7. The zero-order chi connectivity index (χ0) is 13.1. The van der Waals surface area contributed by atoms with E-state index < -0.39 is 0 Å². The number of carbonyl (C=O) groups excluding carboxylic acids is 1. The minimum absolute atomic E-state index is 0.0252. The molecule has 1 fully saturated rings. The molecule has 2 N–H and O–H groups in total. The summed E-state index contributed by atoms with van der Waals surface area (Å²) in [5.41, 5.74) is 1.05. The number of carbonyl (C=O) groups is 1. The maximum absolute atomic E-state index is 12.9. The molecule has 1 aromatic rings. The summed E-state index contributed by atoms with van der Waals surface area (Å²) >= 11 is 0. The fraction of sp³-hybridized carbons (Fsp3) is 0.500. The van der Waals surface area contributed by atoms with Crippen molar-refractivity contribution in [3.05, 3.63) is 35.6 Å². The van der Waals surface area contributed by atoms with Crippen molar-refractivity contribution in [3.8, 4) is 0 Å². The molecule has 0 aromatic heterocycles. The molecule has 0 saturated heterocycles. The predicted octanol–water partition coefficient (Wildman–Crippen LogP) is 2.00. The fourth-order valence-electron chi connectivity index (χ4n) is 2.17. The van der Waals surface area contributed by atoms with Crippen molar-refractivity contribution in [1.29, 1.82) is 0 Å². The molecule has 0 bridgehead atoms. The van der Waals surface area contributed by atoms with E-state index in [9.17, 15) is 9.18 Å². The van der Waals surface area contributed by atoms with Crippen molar-refractivity contribution >= 4 is 5.91 Å². The summed E-state index contributed by atoms with van der Waals surface area (Å²) in [6.45, 7) is 1.84. The average Bonchev–Trinajstić information content (AvgIpc) is 3.20. The second kappa shape index (κ2) is 5.48. The Hall–Kier alpha value is -1.42. The van der Waals surface area contributed by atoms with Crippen LogP contribution in [0.15, 0.2) is 24.3 Å². The maximum atomic E-state index is 12.9. The first kappa shape index (κ1) is 13.0. The second-order valence-corrected chi connectivity index (χ2v) is 4.87. The molecule has 2 unspecified atom stereocenters. The Balaban J connectivity index is 2.09. The quantitative estimate of drug-likeness (QED) is 0.839. The van der Waals surface area contributed by atoms with Crippen LogP contribution in [0.5, 0.6) is 0 Å². The highest BCUT2D eigenvalue weighted by Gasteiger charge is 2.33. The maximum Gasteiger partial charge on any atom is 0.236 e. The lowest BCUT2D eigenvalue weighted by atomic mass is 10.0. The van der Waals surface area contributed by atoms with Gasteiger partial charge in [-0.1, -0.05) is 12.1 Å². The number of amides is 1. The normalized spacial score (nSPS) is 18.2. The average molecular weight is 250 g/mol. The van der Waals surface area contributed by atoms with Crippen molar-refractivity contribution in [3.63, 3.8) is 0 Å². The predicted molar refractivity (Wildman–Crippen MR) is 68.5 cm³/mol. The van der Waals surface area contributed by atoms with Gasteiger partial charge in [-0.2, -0.15) is 0 Å². The summed E-state index contributed by atoms with van der Waals surface area (Å²) < 4.78 is 12.9. The molecule has 2 atom stereocenters. The van der Waals surface area contributed by atoms with Gasteiger partial charge < -0.3 is 5.32 Å². The number of hydrogen-bond donors (Lipinski definition) is 2. The van der Waals surface area contributed by atoms with Gasteiger partial charge in [-0.05, 0) is 43.4 Å². The van der Waals surface area contributed by atoms with Crippen LogP contribution >= 0.6 is 0 Å². The highest BCUT2D eigenvalue weighted by Crippen LogP contribution is 2.41. The Morgan fingerprint density at radius 2 is 1.94 bits per heavy atom. The van der Waals surface area contributed by atoms with Gasteiger partial charge in [-0.15, -0.1) is 0 Å². The number of benzene rings is 1. The topological polar surface area (TPSA) is 41.1 Å².